The molecule has 0 spiro atoms. The van der Waals surface area contributed by atoms with Crippen LogP contribution in [0.5, 0.6) is 5.75 Å². The van der Waals surface area contributed by atoms with Crippen molar-refractivity contribution in [1.82, 2.24) is 0 Å². The molecule has 1 atom stereocenters. The van der Waals surface area contributed by atoms with Crippen LogP contribution in [-0.2, 0) is 19.3 Å². The highest BCUT2D eigenvalue weighted by molar-refractivity contribution is 5.85. The van der Waals surface area contributed by atoms with Crippen molar-refractivity contribution in [2.24, 2.45) is 5.73 Å². The van der Waals surface area contributed by atoms with Crippen molar-refractivity contribution in [3.63, 3.8) is 0 Å². The third-order valence-corrected chi connectivity index (χ3v) is 3.43. The molecule has 2 N–H and O–H groups in total. The van der Waals surface area contributed by atoms with Gasteiger partial charge in [0, 0.05) is 6.04 Å². The Labute approximate surface area is 116 Å². The van der Waals surface area contributed by atoms with Crippen molar-refractivity contribution >= 4 is 12.4 Å². The third kappa shape index (κ3) is 3.39. The molecule has 0 aromatic heterocycles. The molecule has 1 aliphatic rings. The van der Waals surface area contributed by atoms with Crippen LogP contribution in [0.4, 0.5) is 0 Å². The fourth-order valence-electron chi connectivity index (χ4n) is 2.74. The minimum Gasteiger partial charge on any atom is -0.494 e. The van der Waals surface area contributed by atoms with Crippen molar-refractivity contribution in [2.75, 3.05) is 6.61 Å². The number of benzene rings is 1. The molecular formula is C15H24ClNO. The van der Waals surface area contributed by atoms with Crippen LogP contribution in [-0.4, -0.2) is 12.6 Å². The van der Waals surface area contributed by atoms with E-state index in [0.29, 0.717) is 0 Å². The number of ether oxygens (including phenoxy) is 1. The quantitative estimate of drug-likeness (QED) is 0.911. The molecule has 0 saturated carbocycles. The zero-order valence-corrected chi connectivity index (χ0v) is 12.2. The van der Waals surface area contributed by atoms with Gasteiger partial charge >= 0.3 is 0 Å². The van der Waals surface area contributed by atoms with Crippen LogP contribution < -0.4 is 10.5 Å². The maximum Gasteiger partial charge on any atom is 0.122 e. The lowest BCUT2D eigenvalue weighted by atomic mass is 9.86. The van der Waals surface area contributed by atoms with Gasteiger partial charge in [-0.05, 0) is 68.7 Å². The van der Waals surface area contributed by atoms with E-state index in [1.807, 2.05) is 6.92 Å². The van der Waals surface area contributed by atoms with Gasteiger partial charge in [0.2, 0.25) is 0 Å². The van der Waals surface area contributed by atoms with Gasteiger partial charge in [-0.25, -0.2) is 0 Å². The first-order valence-electron chi connectivity index (χ1n) is 6.74. The van der Waals surface area contributed by atoms with Crippen molar-refractivity contribution in [3.05, 3.63) is 28.8 Å². The molecule has 1 aliphatic carbocycles. The van der Waals surface area contributed by atoms with E-state index in [1.54, 1.807) is 0 Å². The van der Waals surface area contributed by atoms with Gasteiger partial charge in [-0.2, -0.15) is 0 Å². The molecule has 2 nitrogen and oxygen atoms in total. The highest BCUT2D eigenvalue weighted by Gasteiger charge is 2.18. The lowest BCUT2D eigenvalue weighted by Gasteiger charge is -2.23. The zero-order chi connectivity index (χ0) is 12.3. The average Bonchev–Trinajstić information content (AvgIpc) is 2.32. The molecule has 0 amide bonds. The highest BCUT2D eigenvalue weighted by atomic mass is 35.5. The SMILES string of the molecule is CCOc1ccc(CC(C)N)c2c1CCCC2.Cl. The van der Waals surface area contributed by atoms with Gasteiger partial charge in [-0.15, -0.1) is 12.4 Å². The number of hydrogen-bond donors (Lipinski definition) is 1. The van der Waals surface area contributed by atoms with Crippen LogP contribution in [0.2, 0.25) is 0 Å². The molecule has 1 unspecified atom stereocenters. The molecule has 2 rings (SSSR count). The standard InChI is InChI=1S/C15H23NO.ClH/c1-3-17-15-9-8-12(10-11(2)16)13-6-4-5-7-14(13)15;/h8-9,11H,3-7,10,16H2,1-2H3;1H. The molecule has 0 radical (unpaired) electrons. The van der Waals surface area contributed by atoms with E-state index < -0.39 is 0 Å². The van der Waals surface area contributed by atoms with E-state index in [-0.39, 0.29) is 18.4 Å². The van der Waals surface area contributed by atoms with Crippen LogP contribution in [0.15, 0.2) is 12.1 Å². The molecule has 18 heavy (non-hydrogen) atoms. The van der Waals surface area contributed by atoms with Gasteiger partial charge in [0.05, 0.1) is 6.61 Å². The molecule has 102 valence electrons. The number of rotatable bonds is 4. The van der Waals surface area contributed by atoms with Crippen LogP contribution in [0.25, 0.3) is 0 Å². The van der Waals surface area contributed by atoms with Gasteiger partial charge in [0.15, 0.2) is 0 Å². The Bertz CT molecular complexity index is 390. The smallest absolute Gasteiger partial charge is 0.122 e. The number of hydrogen-bond acceptors (Lipinski definition) is 2. The van der Waals surface area contributed by atoms with Gasteiger partial charge in [-0.3, -0.25) is 0 Å². The zero-order valence-electron chi connectivity index (χ0n) is 11.4. The Hall–Kier alpha value is -0.730. The third-order valence-electron chi connectivity index (χ3n) is 3.43. The van der Waals surface area contributed by atoms with E-state index >= 15 is 0 Å². The summed E-state index contributed by atoms with van der Waals surface area (Å²) >= 11 is 0. The van der Waals surface area contributed by atoms with Crippen molar-refractivity contribution in [3.8, 4) is 5.75 Å². The molecule has 0 fully saturated rings. The molecule has 1 aromatic carbocycles. The molecular weight excluding hydrogens is 246 g/mol. The van der Waals surface area contributed by atoms with E-state index in [4.69, 9.17) is 10.5 Å². The Kier molecular flexibility index (Phi) is 5.97. The Morgan fingerprint density at radius 3 is 2.50 bits per heavy atom. The summed E-state index contributed by atoms with van der Waals surface area (Å²) < 4.78 is 5.73. The molecule has 0 heterocycles. The van der Waals surface area contributed by atoms with Crippen LogP contribution in [0.1, 0.15) is 43.4 Å². The first kappa shape index (κ1) is 15.3. The maximum atomic E-state index is 5.92. The minimum absolute atomic E-state index is 0. The first-order valence-corrected chi connectivity index (χ1v) is 6.74. The molecule has 1 aromatic rings. The summed E-state index contributed by atoms with van der Waals surface area (Å²) in [6, 6.07) is 4.57. The molecule has 0 saturated heterocycles. The fraction of sp³-hybridized carbons (Fsp3) is 0.600. The van der Waals surface area contributed by atoms with Gasteiger partial charge in [0.25, 0.3) is 0 Å². The number of halogens is 1. The summed E-state index contributed by atoms with van der Waals surface area (Å²) in [7, 11) is 0. The second-order valence-corrected chi connectivity index (χ2v) is 5.00. The van der Waals surface area contributed by atoms with Crippen molar-refractivity contribution in [1.29, 1.82) is 0 Å². The van der Waals surface area contributed by atoms with E-state index in [2.05, 4.69) is 19.1 Å². The molecule has 3 heteroatoms. The lowest BCUT2D eigenvalue weighted by Crippen LogP contribution is -2.20. The van der Waals surface area contributed by atoms with Gasteiger partial charge < -0.3 is 10.5 Å². The monoisotopic (exact) mass is 269 g/mol. The predicted octanol–water partition coefficient (Wildman–Crippen LogP) is 3.28. The first-order chi connectivity index (χ1) is 8.22. The Morgan fingerprint density at radius 1 is 1.22 bits per heavy atom. The Morgan fingerprint density at radius 2 is 1.89 bits per heavy atom. The predicted molar refractivity (Wildman–Crippen MR) is 78.9 cm³/mol. The maximum absolute atomic E-state index is 5.92. The lowest BCUT2D eigenvalue weighted by molar-refractivity contribution is 0.334. The molecule has 0 aliphatic heterocycles. The summed E-state index contributed by atoms with van der Waals surface area (Å²) in [6.45, 7) is 4.87. The topological polar surface area (TPSA) is 35.2 Å². The second-order valence-electron chi connectivity index (χ2n) is 5.00. The summed E-state index contributed by atoms with van der Waals surface area (Å²) in [5.74, 6) is 1.09. The largest absolute Gasteiger partial charge is 0.494 e. The summed E-state index contributed by atoms with van der Waals surface area (Å²) in [5.41, 5.74) is 10.3. The number of fused-ring (bicyclic) bond motifs is 1. The van der Waals surface area contributed by atoms with Crippen LogP contribution >= 0.6 is 12.4 Å². The van der Waals surface area contributed by atoms with Gasteiger partial charge in [-0.1, -0.05) is 6.07 Å². The summed E-state index contributed by atoms with van der Waals surface area (Å²) in [4.78, 5) is 0. The average molecular weight is 270 g/mol. The van der Waals surface area contributed by atoms with E-state index in [9.17, 15) is 0 Å². The van der Waals surface area contributed by atoms with Crippen molar-refractivity contribution in [2.45, 2.75) is 52.0 Å². The van der Waals surface area contributed by atoms with Gasteiger partial charge in [0.1, 0.15) is 5.75 Å². The normalized spacial score (nSPS) is 15.5. The molecule has 0 bridgehead atoms. The number of nitrogens with two attached hydrogens (primary N) is 1. The van der Waals surface area contributed by atoms with E-state index in [1.165, 1.54) is 36.0 Å². The van der Waals surface area contributed by atoms with Crippen LogP contribution in [0.3, 0.4) is 0 Å². The second kappa shape index (κ2) is 7.01. The minimum atomic E-state index is 0. The van der Waals surface area contributed by atoms with Crippen LogP contribution in [0, 0.1) is 0 Å². The fourth-order valence-corrected chi connectivity index (χ4v) is 2.74. The Balaban J connectivity index is 0.00000162. The summed E-state index contributed by atoms with van der Waals surface area (Å²) in [5, 5.41) is 0. The van der Waals surface area contributed by atoms with Crippen molar-refractivity contribution < 1.29 is 4.74 Å². The summed E-state index contributed by atoms with van der Waals surface area (Å²) in [6.07, 6.45) is 5.92. The van der Waals surface area contributed by atoms with E-state index in [0.717, 1.165) is 25.2 Å². The highest BCUT2D eigenvalue weighted by Crippen LogP contribution is 2.32.